The summed E-state index contributed by atoms with van der Waals surface area (Å²) in [4.78, 5) is 16.7. The van der Waals surface area contributed by atoms with Crippen LogP contribution in [0, 0.1) is 5.92 Å². The summed E-state index contributed by atoms with van der Waals surface area (Å²) in [6.07, 6.45) is 7.33. The minimum absolute atomic E-state index is 0.0913. The van der Waals surface area contributed by atoms with Crippen LogP contribution in [0.3, 0.4) is 0 Å². The number of benzene rings is 1. The molecule has 5 heteroatoms. The van der Waals surface area contributed by atoms with Gasteiger partial charge < -0.3 is 15.4 Å². The zero-order valence-corrected chi connectivity index (χ0v) is 15.5. The zero-order chi connectivity index (χ0) is 18.4. The van der Waals surface area contributed by atoms with Crippen molar-refractivity contribution in [2.75, 3.05) is 10.6 Å². The first-order valence-corrected chi connectivity index (χ1v) is 9.41. The van der Waals surface area contributed by atoms with Crippen LogP contribution in [0.15, 0.2) is 42.6 Å². The van der Waals surface area contributed by atoms with Gasteiger partial charge in [0.1, 0.15) is 11.6 Å². The SMILES string of the molecule is CC(C)Oc1ccccc1Nc1ccc(NC(=O)C2CCCCC2)nc1. The molecule has 1 aromatic carbocycles. The van der Waals surface area contributed by atoms with Crippen LogP contribution < -0.4 is 15.4 Å². The van der Waals surface area contributed by atoms with E-state index in [0.29, 0.717) is 5.82 Å². The molecule has 1 aromatic heterocycles. The molecule has 26 heavy (non-hydrogen) atoms. The van der Waals surface area contributed by atoms with Gasteiger partial charge in [0.15, 0.2) is 0 Å². The second-order valence-electron chi connectivity index (χ2n) is 7.04. The standard InChI is InChI=1S/C21H27N3O2/c1-15(2)26-19-11-7-6-10-18(19)23-17-12-13-20(22-14-17)24-21(25)16-8-4-3-5-9-16/h6-7,10-16,23H,3-5,8-9H2,1-2H3,(H,22,24,25). The third kappa shape index (κ3) is 4.97. The minimum atomic E-state index is 0.0913. The lowest BCUT2D eigenvalue weighted by Gasteiger charge is -2.20. The molecule has 5 nitrogen and oxygen atoms in total. The second kappa shape index (κ2) is 8.70. The highest BCUT2D eigenvalue weighted by molar-refractivity contribution is 5.91. The van der Waals surface area contributed by atoms with E-state index in [1.54, 1.807) is 6.20 Å². The van der Waals surface area contributed by atoms with Crippen molar-refractivity contribution in [1.82, 2.24) is 4.98 Å². The number of ether oxygens (including phenoxy) is 1. The Balaban J connectivity index is 1.62. The number of rotatable bonds is 6. The molecule has 2 N–H and O–H groups in total. The quantitative estimate of drug-likeness (QED) is 0.755. The summed E-state index contributed by atoms with van der Waals surface area (Å²) in [6.45, 7) is 4.00. The molecule has 0 spiro atoms. The average molecular weight is 353 g/mol. The lowest BCUT2D eigenvalue weighted by molar-refractivity contribution is -0.120. The van der Waals surface area contributed by atoms with Gasteiger partial charge in [-0.25, -0.2) is 4.98 Å². The van der Waals surface area contributed by atoms with Gasteiger partial charge in [-0.15, -0.1) is 0 Å². The topological polar surface area (TPSA) is 63.2 Å². The summed E-state index contributed by atoms with van der Waals surface area (Å²) in [5.74, 6) is 1.62. The van der Waals surface area contributed by atoms with E-state index in [0.717, 1.165) is 42.8 Å². The lowest BCUT2D eigenvalue weighted by atomic mass is 9.89. The molecule has 0 atom stereocenters. The first kappa shape index (κ1) is 18.2. The van der Waals surface area contributed by atoms with E-state index >= 15 is 0 Å². The summed E-state index contributed by atoms with van der Waals surface area (Å²) >= 11 is 0. The molecule has 0 saturated heterocycles. The van der Waals surface area contributed by atoms with Crippen LogP contribution in [-0.2, 0) is 4.79 Å². The number of carbonyl (C=O) groups excluding carboxylic acids is 1. The van der Waals surface area contributed by atoms with Gasteiger partial charge in [0, 0.05) is 5.92 Å². The lowest BCUT2D eigenvalue weighted by Crippen LogP contribution is -2.25. The Morgan fingerprint density at radius 1 is 1.12 bits per heavy atom. The van der Waals surface area contributed by atoms with Crippen molar-refractivity contribution >= 4 is 23.1 Å². The molecule has 1 amide bonds. The van der Waals surface area contributed by atoms with Crippen LogP contribution in [0.25, 0.3) is 0 Å². The highest BCUT2D eigenvalue weighted by atomic mass is 16.5. The number of nitrogens with zero attached hydrogens (tertiary/aromatic N) is 1. The summed E-state index contributed by atoms with van der Waals surface area (Å²) in [6, 6.07) is 11.6. The predicted octanol–water partition coefficient (Wildman–Crippen LogP) is 5.13. The van der Waals surface area contributed by atoms with Crippen molar-refractivity contribution in [3.63, 3.8) is 0 Å². The van der Waals surface area contributed by atoms with Gasteiger partial charge in [0.05, 0.1) is 23.7 Å². The van der Waals surface area contributed by atoms with Crippen LogP contribution in [0.2, 0.25) is 0 Å². The number of nitrogens with one attached hydrogen (secondary N) is 2. The van der Waals surface area contributed by atoms with Gasteiger partial charge in [-0.2, -0.15) is 0 Å². The number of para-hydroxylation sites is 2. The fourth-order valence-electron chi connectivity index (χ4n) is 3.22. The Morgan fingerprint density at radius 3 is 2.58 bits per heavy atom. The van der Waals surface area contributed by atoms with Gasteiger partial charge in [0.2, 0.25) is 5.91 Å². The number of hydrogen-bond donors (Lipinski definition) is 2. The summed E-state index contributed by atoms with van der Waals surface area (Å²) in [5.41, 5.74) is 1.74. The fraction of sp³-hybridized carbons (Fsp3) is 0.429. The molecule has 138 valence electrons. The van der Waals surface area contributed by atoms with Crippen molar-refractivity contribution in [2.24, 2.45) is 5.92 Å². The molecular weight excluding hydrogens is 326 g/mol. The Bertz CT molecular complexity index is 722. The van der Waals surface area contributed by atoms with Crippen molar-refractivity contribution in [1.29, 1.82) is 0 Å². The third-order valence-corrected chi connectivity index (χ3v) is 4.52. The monoisotopic (exact) mass is 353 g/mol. The van der Waals surface area contributed by atoms with Gasteiger partial charge in [0.25, 0.3) is 0 Å². The molecule has 0 aliphatic heterocycles. The van der Waals surface area contributed by atoms with Gasteiger partial charge in [-0.05, 0) is 51.0 Å². The Morgan fingerprint density at radius 2 is 1.88 bits per heavy atom. The molecule has 0 bridgehead atoms. The average Bonchev–Trinajstić information content (AvgIpc) is 2.65. The van der Waals surface area contributed by atoms with E-state index in [9.17, 15) is 4.79 Å². The molecule has 1 saturated carbocycles. The third-order valence-electron chi connectivity index (χ3n) is 4.52. The van der Waals surface area contributed by atoms with E-state index < -0.39 is 0 Å². The van der Waals surface area contributed by atoms with E-state index in [-0.39, 0.29) is 17.9 Å². The Kier molecular flexibility index (Phi) is 6.10. The Labute approximate surface area is 155 Å². The fourth-order valence-corrected chi connectivity index (χ4v) is 3.22. The second-order valence-corrected chi connectivity index (χ2v) is 7.04. The summed E-state index contributed by atoms with van der Waals surface area (Å²) in [7, 11) is 0. The number of amides is 1. The van der Waals surface area contributed by atoms with E-state index in [1.807, 2.05) is 50.2 Å². The van der Waals surface area contributed by atoms with Gasteiger partial charge in [-0.1, -0.05) is 31.4 Å². The molecular formula is C21H27N3O2. The normalized spacial score (nSPS) is 14.9. The maximum absolute atomic E-state index is 12.3. The molecule has 2 aromatic rings. The zero-order valence-electron chi connectivity index (χ0n) is 15.5. The maximum Gasteiger partial charge on any atom is 0.228 e. The van der Waals surface area contributed by atoms with E-state index in [2.05, 4.69) is 15.6 Å². The molecule has 1 aliphatic carbocycles. The van der Waals surface area contributed by atoms with Crippen molar-refractivity contribution in [2.45, 2.75) is 52.1 Å². The number of aromatic nitrogens is 1. The van der Waals surface area contributed by atoms with Crippen LogP contribution in [0.4, 0.5) is 17.2 Å². The molecule has 1 fully saturated rings. The minimum Gasteiger partial charge on any atom is -0.489 e. The van der Waals surface area contributed by atoms with Crippen LogP contribution >= 0.6 is 0 Å². The van der Waals surface area contributed by atoms with Crippen LogP contribution in [0.5, 0.6) is 5.75 Å². The first-order chi connectivity index (χ1) is 12.6. The number of hydrogen-bond acceptors (Lipinski definition) is 4. The van der Waals surface area contributed by atoms with Crippen molar-refractivity contribution in [3.8, 4) is 5.75 Å². The number of anilines is 3. The highest BCUT2D eigenvalue weighted by Crippen LogP contribution is 2.28. The predicted molar refractivity (Wildman–Crippen MR) is 105 cm³/mol. The van der Waals surface area contributed by atoms with E-state index in [1.165, 1.54) is 6.42 Å². The smallest absolute Gasteiger partial charge is 0.228 e. The molecule has 0 unspecified atom stereocenters. The van der Waals surface area contributed by atoms with Crippen molar-refractivity contribution < 1.29 is 9.53 Å². The number of carbonyl (C=O) groups is 1. The van der Waals surface area contributed by atoms with E-state index in [4.69, 9.17) is 4.74 Å². The molecule has 3 rings (SSSR count). The first-order valence-electron chi connectivity index (χ1n) is 9.41. The Hall–Kier alpha value is -2.56. The van der Waals surface area contributed by atoms with Crippen LogP contribution in [0.1, 0.15) is 46.0 Å². The molecule has 1 heterocycles. The van der Waals surface area contributed by atoms with Gasteiger partial charge >= 0.3 is 0 Å². The molecule has 1 aliphatic rings. The summed E-state index contributed by atoms with van der Waals surface area (Å²) in [5, 5.41) is 6.26. The summed E-state index contributed by atoms with van der Waals surface area (Å²) < 4.78 is 5.82. The van der Waals surface area contributed by atoms with Crippen molar-refractivity contribution in [3.05, 3.63) is 42.6 Å². The van der Waals surface area contributed by atoms with Crippen LogP contribution in [-0.4, -0.2) is 17.0 Å². The van der Waals surface area contributed by atoms with Gasteiger partial charge in [-0.3, -0.25) is 4.79 Å². The highest BCUT2D eigenvalue weighted by Gasteiger charge is 2.21. The molecule has 0 radical (unpaired) electrons. The number of pyridine rings is 1. The maximum atomic E-state index is 12.3. The largest absolute Gasteiger partial charge is 0.489 e.